The van der Waals surface area contributed by atoms with Crippen molar-refractivity contribution in [3.63, 3.8) is 0 Å². The van der Waals surface area contributed by atoms with E-state index < -0.39 is 0 Å². The number of fused-ring (bicyclic) bond motifs is 7. The van der Waals surface area contributed by atoms with Gasteiger partial charge >= 0.3 is 0 Å². The van der Waals surface area contributed by atoms with Crippen molar-refractivity contribution >= 4 is 77.0 Å². The van der Waals surface area contributed by atoms with Crippen LogP contribution >= 0.6 is 0 Å². The van der Waals surface area contributed by atoms with Gasteiger partial charge in [-0.1, -0.05) is 182 Å². The number of hydrogen-bond acceptors (Lipinski definition) is 1. The van der Waals surface area contributed by atoms with Crippen LogP contribution in [-0.4, -0.2) is 9.13 Å². The first-order valence-electron chi connectivity index (χ1n) is 25.6. The molecule has 73 heavy (non-hydrogen) atoms. The van der Waals surface area contributed by atoms with E-state index in [1.807, 2.05) is 0 Å². The molecule has 10 aromatic carbocycles. The molecule has 12 aromatic rings. The maximum Gasteiger partial charge on any atom is 0.0542 e. The van der Waals surface area contributed by atoms with Crippen molar-refractivity contribution in [2.45, 2.75) is 24.7 Å². The molecule has 2 aliphatic carbocycles. The van der Waals surface area contributed by atoms with Gasteiger partial charge in [-0.05, 0) is 143 Å². The molecule has 0 N–H and O–H groups in total. The highest BCUT2D eigenvalue weighted by Gasteiger charge is 2.23. The lowest BCUT2D eigenvalue weighted by Gasteiger charge is -2.27. The Kier molecular flexibility index (Phi) is 10.5. The molecule has 0 amide bonds. The van der Waals surface area contributed by atoms with Crippen LogP contribution in [0.1, 0.15) is 41.4 Å². The second kappa shape index (κ2) is 17.9. The van der Waals surface area contributed by atoms with E-state index in [4.69, 9.17) is 0 Å². The molecule has 2 aromatic heterocycles. The number of rotatable bonds is 9. The van der Waals surface area contributed by atoms with Crippen LogP contribution in [0.4, 0.5) is 17.1 Å². The van der Waals surface area contributed by atoms with Crippen molar-refractivity contribution in [3.05, 3.63) is 290 Å². The Morgan fingerprint density at radius 1 is 0.370 bits per heavy atom. The molecule has 2 heterocycles. The molecule has 2 aliphatic rings. The van der Waals surface area contributed by atoms with Crippen LogP contribution in [0, 0.1) is 0 Å². The lowest BCUT2D eigenvalue weighted by molar-refractivity contribution is 0.854. The zero-order valence-electron chi connectivity index (χ0n) is 40.4. The van der Waals surface area contributed by atoms with Gasteiger partial charge in [-0.15, -0.1) is 0 Å². The average molecular weight is 934 g/mol. The summed E-state index contributed by atoms with van der Waals surface area (Å²) >= 11 is 0. The van der Waals surface area contributed by atoms with Crippen LogP contribution in [0.3, 0.4) is 0 Å². The number of para-hydroxylation sites is 2. The minimum absolute atomic E-state index is 0.381. The highest BCUT2D eigenvalue weighted by Crippen LogP contribution is 2.45. The third-order valence-corrected chi connectivity index (χ3v) is 15.4. The molecule has 0 bridgehead atoms. The zero-order valence-corrected chi connectivity index (χ0v) is 40.4. The maximum atomic E-state index is 2.48. The molecule has 0 saturated heterocycles. The number of hydrogen-bond donors (Lipinski definition) is 0. The quantitative estimate of drug-likeness (QED) is 0.141. The van der Waals surface area contributed by atoms with Gasteiger partial charge in [0.25, 0.3) is 0 Å². The average Bonchev–Trinajstić information content (AvgIpc) is 4.00. The summed E-state index contributed by atoms with van der Waals surface area (Å²) < 4.78 is 4.85. The van der Waals surface area contributed by atoms with E-state index in [-0.39, 0.29) is 0 Å². The van der Waals surface area contributed by atoms with Crippen LogP contribution in [0.5, 0.6) is 0 Å². The molecule has 346 valence electrons. The van der Waals surface area contributed by atoms with E-state index in [0.29, 0.717) is 11.8 Å². The van der Waals surface area contributed by atoms with E-state index in [2.05, 4.69) is 287 Å². The van der Waals surface area contributed by atoms with Crippen molar-refractivity contribution in [2.24, 2.45) is 0 Å². The Morgan fingerprint density at radius 3 is 1.51 bits per heavy atom. The predicted octanol–water partition coefficient (Wildman–Crippen LogP) is 18.9. The largest absolute Gasteiger partial charge is 0.310 e. The van der Waals surface area contributed by atoms with Crippen molar-refractivity contribution in [1.82, 2.24) is 9.13 Å². The van der Waals surface area contributed by atoms with Crippen molar-refractivity contribution in [3.8, 4) is 22.5 Å². The first kappa shape index (κ1) is 42.7. The Hall–Kier alpha value is -9.18. The van der Waals surface area contributed by atoms with E-state index in [1.165, 1.54) is 87.8 Å². The lowest BCUT2D eigenvalue weighted by atomic mass is 9.88. The molecule has 2 atom stereocenters. The van der Waals surface area contributed by atoms with Crippen molar-refractivity contribution < 1.29 is 0 Å². The van der Waals surface area contributed by atoms with E-state index in [9.17, 15) is 0 Å². The van der Waals surface area contributed by atoms with E-state index >= 15 is 0 Å². The minimum atomic E-state index is 0.381. The van der Waals surface area contributed by atoms with Crippen LogP contribution in [0.2, 0.25) is 0 Å². The van der Waals surface area contributed by atoms with Crippen molar-refractivity contribution in [2.75, 3.05) is 4.90 Å². The summed E-state index contributed by atoms with van der Waals surface area (Å²) in [7, 11) is 0. The second-order valence-corrected chi connectivity index (χ2v) is 19.6. The summed E-state index contributed by atoms with van der Waals surface area (Å²) in [6.07, 6.45) is 18.0. The Bertz CT molecular complexity index is 4180. The Labute approximate surface area is 425 Å². The molecule has 2 unspecified atom stereocenters. The molecule has 0 saturated carbocycles. The molecule has 3 heteroatoms. The molecule has 0 radical (unpaired) electrons. The van der Waals surface area contributed by atoms with E-state index in [1.54, 1.807) is 0 Å². The van der Waals surface area contributed by atoms with Gasteiger partial charge in [0, 0.05) is 61.5 Å². The number of allylic oxidation sites excluding steroid dienone is 8. The zero-order chi connectivity index (χ0) is 48.2. The van der Waals surface area contributed by atoms with Crippen LogP contribution in [0.25, 0.3) is 82.5 Å². The van der Waals surface area contributed by atoms with Crippen LogP contribution < -0.4 is 4.90 Å². The fraction of sp³-hybridized carbons (Fsp3) is 0.0571. The molecule has 0 aliphatic heterocycles. The molecular formula is C70H51N3. The molecule has 0 fully saturated rings. The number of nitrogens with zero attached hydrogens (tertiary/aromatic N) is 3. The summed E-state index contributed by atoms with van der Waals surface area (Å²) in [6.45, 7) is 0. The predicted molar refractivity (Wildman–Crippen MR) is 309 cm³/mol. The Balaban J connectivity index is 0.957. The van der Waals surface area contributed by atoms with Gasteiger partial charge in [0.05, 0.1) is 27.8 Å². The van der Waals surface area contributed by atoms with Gasteiger partial charge in [-0.3, -0.25) is 0 Å². The highest BCUT2D eigenvalue weighted by molar-refractivity contribution is 6.14. The Morgan fingerprint density at radius 2 is 0.890 bits per heavy atom. The molecule has 3 nitrogen and oxygen atoms in total. The second-order valence-electron chi connectivity index (χ2n) is 19.6. The van der Waals surface area contributed by atoms with Crippen molar-refractivity contribution in [1.29, 1.82) is 0 Å². The summed E-state index contributed by atoms with van der Waals surface area (Å²) in [5.74, 6) is 0.798. The molecular weight excluding hydrogens is 883 g/mol. The van der Waals surface area contributed by atoms with Gasteiger partial charge in [0.2, 0.25) is 0 Å². The summed E-state index contributed by atoms with van der Waals surface area (Å²) in [5.41, 5.74) is 17.9. The van der Waals surface area contributed by atoms with Gasteiger partial charge in [-0.2, -0.15) is 0 Å². The van der Waals surface area contributed by atoms with E-state index in [0.717, 1.165) is 41.3 Å². The monoisotopic (exact) mass is 933 g/mol. The third-order valence-electron chi connectivity index (χ3n) is 15.4. The maximum absolute atomic E-state index is 2.48. The van der Waals surface area contributed by atoms with Gasteiger partial charge in [-0.25, -0.2) is 0 Å². The fourth-order valence-electron chi connectivity index (χ4n) is 11.7. The fourth-order valence-corrected chi connectivity index (χ4v) is 11.7. The first-order chi connectivity index (χ1) is 36.2. The van der Waals surface area contributed by atoms with Gasteiger partial charge in [0.1, 0.15) is 0 Å². The summed E-state index contributed by atoms with van der Waals surface area (Å²) in [4.78, 5) is 2.48. The number of aromatic nitrogens is 2. The van der Waals surface area contributed by atoms with Gasteiger partial charge < -0.3 is 14.0 Å². The topological polar surface area (TPSA) is 13.1 Å². The molecule has 0 spiro atoms. The number of benzene rings is 10. The smallest absolute Gasteiger partial charge is 0.0542 e. The number of anilines is 3. The van der Waals surface area contributed by atoms with Crippen LogP contribution in [-0.2, 0) is 0 Å². The first-order valence-corrected chi connectivity index (χ1v) is 25.6. The lowest BCUT2D eigenvalue weighted by Crippen LogP contribution is -2.10. The molecule has 14 rings (SSSR count). The minimum Gasteiger partial charge on any atom is -0.310 e. The van der Waals surface area contributed by atoms with Crippen LogP contribution in [0.15, 0.2) is 273 Å². The summed E-state index contributed by atoms with van der Waals surface area (Å²) in [5, 5.41) is 7.25. The highest BCUT2D eigenvalue weighted by atomic mass is 15.1. The SMILES string of the molecule is C1=CCC(c2ccc(-c3ccc4c(c3)c3cc(N(c5ccc6c(c5)c5cc(C7=CCC(c8ccccc8)C=C7)ccc5n6-c5ccccc5)c5cccc6ccccc56)ccc3n4-c3ccccc3)cc2)C=C1. The normalized spacial score (nSPS) is 15.5. The standard InChI is InChI=1S/C70H51N3/c1-5-16-48(17-6-1)50-28-32-52(33-29-50)55-36-40-67-62(44-55)64-46-59(38-42-69(64)72(67)57-22-9-3-10-23-57)71(66-27-15-21-54-20-13-14-26-61(54)66)60-39-43-70-65(47-60)63-45-56(37-41-68(63)73(70)58-24-11-4-12-25-58)53-34-30-51(31-35-53)49-18-7-2-8-19-49/h1-18,20-28,30-47,49-50H,19,29H2. The summed E-state index contributed by atoms with van der Waals surface area (Å²) in [6, 6.07) is 85.3. The van der Waals surface area contributed by atoms with Gasteiger partial charge in [0.15, 0.2) is 0 Å². The third kappa shape index (κ3) is 7.52.